The summed E-state index contributed by atoms with van der Waals surface area (Å²) < 4.78 is 17.6. The average Bonchev–Trinajstić information content (AvgIpc) is 2.39. The lowest BCUT2D eigenvalue weighted by Gasteiger charge is -2.10. The first-order valence-electron chi connectivity index (χ1n) is 5.67. The minimum Gasteiger partial charge on any atom is -0.496 e. The van der Waals surface area contributed by atoms with E-state index in [1.165, 1.54) is 0 Å². The van der Waals surface area contributed by atoms with Gasteiger partial charge in [0.15, 0.2) is 0 Å². The van der Waals surface area contributed by atoms with Gasteiger partial charge in [0.2, 0.25) is 0 Å². The lowest BCUT2D eigenvalue weighted by atomic mass is 10.2. The zero-order valence-electron chi connectivity index (χ0n) is 10.4. The molecule has 0 fully saturated rings. The molecule has 0 aliphatic heterocycles. The fourth-order valence-electron chi connectivity index (χ4n) is 1.77. The van der Waals surface area contributed by atoms with E-state index >= 15 is 0 Å². The molecule has 5 heteroatoms. The highest BCUT2D eigenvalue weighted by Crippen LogP contribution is 2.26. The van der Waals surface area contributed by atoms with E-state index in [2.05, 4.69) is 0 Å². The number of halogens is 1. The SMILES string of the molecule is COc1ccc(Cl)cc1CS(=O)c1ccccc1N. The van der Waals surface area contributed by atoms with Crippen LogP contribution >= 0.6 is 11.6 Å². The number of para-hydroxylation sites is 1. The van der Waals surface area contributed by atoms with E-state index in [1.54, 1.807) is 37.4 Å². The molecule has 0 saturated heterocycles. The summed E-state index contributed by atoms with van der Waals surface area (Å²) in [4.78, 5) is 0.629. The summed E-state index contributed by atoms with van der Waals surface area (Å²) in [6.07, 6.45) is 0. The molecule has 0 bridgehead atoms. The summed E-state index contributed by atoms with van der Waals surface area (Å²) in [6, 6.07) is 12.4. The summed E-state index contributed by atoms with van der Waals surface area (Å²) in [5.74, 6) is 0.991. The van der Waals surface area contributed by atoms with E-state index in [0.717, 1.165) is 5.56 Å². The molecule has 19 heavy (non-hydrogen) atoms. The Bertz CT molecular complexity index is 616. The number of anilines is 1. The van der Waals surface area contributed by atoms with Crippen molar-refractivity contribution in [3.63, 3.8) is 0 Å². The van der Waals surface area contributed by atoms with Crippen molar-refractivity contribution >= 4 is 28.1 Å². The average molecular weight is 296 g/mol. The third-order valence-corrected chi connectivity index (χ3v) is 4.36. The predicted octanol–water partition coefficient (Wildman–Crippen LogP) is 3.24. The van der Waals surface area contributed by atoms with Crippen molar-refractivity contribution in [2.24, 2.45) is 0 Å². The highest BCUT2D eigenvalue weighted by atomic mass is 35.5. The van der Waals surface area contributed by atoms with Gasteiger partial charge in [-0.1, -0.05) is 23.7 Å². The lowest BCUT2D eigenvalue weighted by Crippen LogP contribution is -2.02. The van der Waals surface area contributed by atoms with Crippen LogP contribution < -0.4 is 10.5 Å². The van der Waals surface area contributed by atoms with E-state index in [9.17, 15) is 4.21 Å². The van der Waals surface area contributed by atoms with Crippen molar-refractivity contribution in [1.29, 1.82) is 0 Å². The van der Waals surface area contributed by atoms with Gasteiger partial charge in [-0.15, -0.1) is 0 Å². The smallest absolute Gasteiger partial charge is 0.123 e. The van der Waals surface area contributed by atoms with Crippen molar-refractivity contribution in [2.45, 2.75) is 10.6 Å². The fourth-order valence-corrected chi connectivity index (χ4v) is 3.19. The second kappa shape index (κ2) is 6.08. The van der Waals surface area contributed by atoms with Crippen LogP contribution in [0.15, 0.2) is 47.4 Å². The highest BCUT2D eigenvalue weighted by Gasteiger charge is 2.12. The Labute approximate surface area is 119 Å². The number of benzene rings is 2. The molecule has 0 aromatic heterocycles. The Kier molecular flexibility index (Phi) is 4.45. The summed E-state index contributed by atoms with van der Waals surface area (Å²) >= 11 is 5.96. The summed E-state index contributed by atoms with van der Waals surface area (Å²) in [6.45, 7) is 0. The zero-order chi connectivity index (χ0) is 13.8. The molecule has 3 nitrogen and oxygen atoms in total. The summed E-state index contributed by atoms with van der Waals surface area (Å²) in [5.41, 5.74) is 7.16. The molecule has 1 unspecified atom stereocenters. The van der Waals surface area contributed by atoms with Gasteiger partial charge in [-0.2, -0.15) is 0 Å². The molecule has 0 aliphatic carbocycles. The monoisotopic (exact) mass is 295 g/mol. The fraction of sp³-hybridized carbons (Fsp3) is 0.143. The Morgan fingerprint density at radius 3 is 2.68 bits per heavy atom. The maximum atomic E-state index is 12.3. The minimum absolute atomic E-state index is 0.317. The van der Waals surface area contributed by atoms with E-state index in [4.69, 9.17) is 22.1 Å². The molecular weight excluding hydrogens is 282 g/mol. The van der Waals surface area contributed by atoms with Crippen LogP contribution in [-0.4, -0.2) is 11.3 Å². The lowest BCUT2D eigenvalue weighted by molar-refractivity contribution is 0.411. The quantitative estimate of drug-likeness (QED) is 0.881. The minimum atomic E-state index is -1.23. The maximum Gasteiger partial charge on any atom is 0.123 e. The van der Waals surface area contributed by atoms with Crippen molar-refractivity contribution in [2.75, 3.05) is 12.8 Å². The van der Waals surface area contributed by atoms with Gasteiger partial charge in [-0.05, 0) is 30.3 Å². The number of nitrogens with two attached hydrogens (primary N) is 1. The molecule has 1 atom stereocenters. The van der Waals surface area contributed by atoms with Gasteiger partial charge >= 0.3 is 0 Å². The molecule has 0 heterocycles. The molecule has 0 radical (unpaired) electrons. The first kappa shape index (κ1) is 13.9. The van der Waals surface area contributed by atoms with Crippen LogP contribution in [0.2, 0.25) is 5.02 Å². The topological polar surface area (TPSA) is 52.3 Å². The number of ether oxygens (including phenoxy) is 1. The molecule has 100 valence electrons. The summed E-state index contributed by atoms with van der Waals surface area (Å²) in [5, 5.41) is 0.592. The van der Waals surface area contributed by atoms with Crippen LogP contribution in [0.4, 0.5) is 5.69 Å². The molecule has 0 amide bonds. The summed E-state index contributed by atoms with van der Waals surface area (Å²) in [7, 11) is 0.346. The van der Waals surface area contributed by atoms with Crippen molar-refractivity contribution < 1.29 is 8.95 Å². The van der Waals surface area contributed by atoms with Crippen LogP contribution in [0.3, 0.4) is 0 Å². The van der Waals surface area contributed by atoms with Gasteiger partial charge in [0.1, 0.15) is 5.75 Å². The molecule has 2 rings (SSSR count). The second-order valence-corrected chi connectivity index (χ2v) is 5.84. The zero-order valence-corrected chi connectivity index (χ0v) is 12.0. The van der Waals surface area contributed by atoms with E-state index in [1.807, 2.05) is 12.1 Å². The van der Waals surface area contributed by atoms with E-state index in [0.29, 0.717) is 27.1 Å². The number of nitrogen functional groups attached to an aromatic ring is 1. The molecule has 2 aromatic carbocycles. The third kappa shape index (κ3) is 3.28. The van der Waals surface area contributed by atoms with Crippen LogP contribution in [-0.2, 0) is 16.6 Å². The van der Waals surface area contributed by atoms with Crippen molar-refractivity contribution in [1.82, 2.24) is 0 Å². The molecule has 2 N–H and O–H groups in total. The molecule has 0 aliphatic rings. The Balaban J connectivity index is 2.29. The molecule has 2 aromatic rings. The number of hydrogen-bond acceptors (Lipinski definition) is 3. The van der Waals surface area contributed by atoms with Crippen LogP contribution in [0.5, 0.6) is 5.75 Å². The molecule has 0 saturated carbocycles. The maximum absolute atomic E-state index is 12.3. The van der Waals surface area contributed by atoms with E-state index < -0.39 is 10.8 Å². The Morgan fingerprint density at radius 1 is 1.26 bits per heavy atom. The van der Waals surface area contributed by atoms with Gasteiger partial charge in [-0.3, -0.25) is 4.21 Å². The number of rotatable bonds is 4. The van der Waals surface area contributed by atoms with Gasteiger partial charge in [0.25, 0.3) is 0 Å². The Morgan fingerprint density at radius 2 is 2.00 bits per heavy atom. The second-order valence-electron chi connectivity index (χ2n) is 3.98. The number of hydrogen-bond donors (Lipinski definition) is 1. The van der Waals surface area contributed by atoms with E-state index in [-0.39, 0.29) is 0 Å². The highest BCUT2D eigenvalue weighted by molar-refractivity contribution is 7.84. The third-order valence-electron chi connectivity index (χ3n) is 2.69. The van der Waals surface area contributed by atoms with Gasteiger partial charge in [0, 0.05) is 16.3 Å². The molecule has 0 spiro atoms. The standard InChI is InChI=1S/C14H14ClNO2S/c1-18-13-7-6-11(15)8-10(13)9-19(17)14-5-3-2-4-12(14)16/h2-8H,9,16H2,1H3. The van der Waals surface area contributed by atoms with Gasteiger partial charge in [-0.25, -0.2) is 0 Å². The molecular formula is C14H14ClNO2S. The Hall–Kier alpha value is -1.52. The van der Waals surface area contributed by atoms with Crippen LogP contribution in [0.1, 0.15) is 5.56 Å². The van der Waals surface area contributed by atoms with Crippen LogP contribution in [0, 0.1) is 0 Å². The normalized spacial score (nSPS) is 12.1. The predicted molar refractivity (Wildman–Crippen MR) is 79.0 cm³/mol. The van der Waals surface area contributed by atoms with Gasteiger partial charge in [0.05, 0.1) is 28.6 Å². The number of methoxy groups -OCH3 is 1. The van der Waals surface area contributed by atoms with Gasteiger partial charge < -0.3 is 10.5 Å². The van der Waals surface area contributed by atoms with Crippen molar-refractivity contribution in [3.8, 4) is 5.75 Å². The largest absolute Gasteiger partial charge is 0.496 e. The van der Waals surface area contributed by atoms with Crippen molar-refractivity contribution in [3.05, 3.63) is 53.1 Å². The first-order chi connectivity index (χ1) is 9.11. The first-order valence-corrected chi connectivity index (χ1v) is 7.37. The van der Waals surface area contributed by atoms with Crippen LogP contribution in [0.25, 0.3) is 0 Å².